The first-order valence-corrected chi connectivity index (χ1v) is 4.44. The summed E-state index contributed by atoms with van der Waals surface area (Å²) in [6, 6.07) is -0.289. The number of H-pyrrole nitrogens is 1. The molecule has 0 aliphatic rings. The van der Waals surface area contributed by atoms with Crippen LogP contribution in [0.3, 0.4) is 0 Å². The second-order valence-electron chi connectivity index (χ2n) is 3.15. The van der Waals surface area contributed by atoms with Crippen LogP contribution in [0.2, 0.25) is 0 Å². The molecule has 2 aromatic heterocycles. The topological polar surface area (TPSA) is 92.9 Å². The number of fused-ring (bicyclic) bond motifs is 1. The maximum Gasteiger partial charge on any atom is 0.330 e. The lowest BCUT2D eigenvalue weighted by molar-refractivity contribution is 0.414. The van der Waals surface area contributed by atoms with Gasteiger partial charge < -0.3 is 5.11 Å². The number of hydrogen-bond donors (Lipinski definition) is 2. The molecule has 0 fully saturated rings. The molecule has 0 atom stereocenters. The maximum absolute atomic E-state index is 11.4. The minimum absolute atomic E-state index is 0.0662. The summed E-state index contributed by atoms with van der Waals surface area (Å²) in [4.78, 5) is 28.6. The highest BCUT2D eigenvalue weighted by molar-refractivity contribution is 5.71. The number of aromatic hydroxyl groups is 1. The number of nitrogens with one attached hydrogen (secondary N) is 1. The van der Waals surface area contributed by atoms with Gasteiger partial charge in [0.25, 0.3) is 11.6 Å². The molecule has 80 valence electrons. The zero-order chi connectivity index (χ0) is 11.2. The molecule has 0 spiro atoms. The van der Waals surface area contributed by atoms with Crippen LogP contribution in [-0.4, -0.2) is 24.2 Å². The van der Waals surface area contributed by atoms with Gasteiger partial charge in [-0.2, -0.15) is 4.98 Å². The highest BCUT2D eigenvalue weighted by Crippen LogP contribution is 2.13. The van der Waals surface area contributed by atoms with Crippen LogP contribution < -0.4 is 11.2 Å². The Bertz CT molecular complexity index is 634. The molecule has 2 aromatic rings. The number of aromatic amines is 1. The van der Waals surface area contributed by atoms with Crippen molar-refractivity contribution in [3.8, 4) is 6.01 Å². The van der Waals surface area contributed by atoms with Gasteiger partial charge in [-0.05, 0) is 6.92 Å². The van der Waals surface area contributed by atoms with Gasteiger partial charge in [-0.3, -0.25) is 18.9 Å². The van der Waals surface area contributed by atoms with Crippen LogP contribution in [0.25, 0.3) is 11.2 Å². The van der Waals surface area contributed by atoms with Crippen molar-refractivity contribution >= 4 is 11.2 Å². The van der Waals surface area contributed by atoms with Crippen molar-refractivity contribution in [2.45, 2.75) is 13.5 Å². The van der Waals surface area contributed by atoms with Crippen molar-refractivity contribution in [3.05, 3.63) is 20.8 Å². The van der Waals surface area contributed by atoms with Crippen molar-refractivity contribution in [1.29, 1.82) is 0 Å². The summed E-state index contributed by atoms with van der Waals surface area (Å²) in [5.41, 5.74) is -0.700. The van der Waals surface area contributed by atoms with E-state index in [1.807, 2.05) is 0 Å². The molecule has 0 amide bonds. The molecular formula is C8H10N4O3. The van der Waals surface area contributed by atoms with Crippen LogP contribution in [0.4, 0.5) is 0 Å². The third-order valence-corrected chi connectivity index (χ3v) is 2.29. The Hall–Kier alpha value is -2.05. The summed E-state index contributed by atoms with van der Waals surface area (Å²) in [6.45, 7) is 2.16. The van der Waals surface area contributed by atoms with Crippen molar-refractivity contribution in [2.24, 2.45) is 7.05 Å². The standard InChI is InChI=1S/C8H10N4O3/c1-3-12-6-4(5(13)10-8(12)15)9-7(14)11(6)2/h3H2,1-2H3,(H,9,14)(H,10,13,15). The number of rotatable bonds is 1. The van der Waals surface area contributed by atoms with Crippen molar-refractivity contribution in [1.82, 2.24) is 19.1 Å². The largest absolute Gasteiger partial charge is 0.480 e. The van der Waals surface area contributed by atoms with Crippen molar-refractivity contribution in [3.63, 3.8) is 0 Å². The van der Waals surface area contributed by atoms with E-state index in [0.29, 0.717) is 12.2 Å². The predicted octanol–water partition coefficient (Wildman–Crippen LogP) is -0.851. The van der Waals surface area contributed by atoms with Crippen LogP contribution in [-0.2, 0) is 13.6 Å². The molecule has 7 heteroatoms. The molecule has 0 aliphatic heterocycles. The maximum atomic E-state index is 11.4. The van der Waals surface area contributed by atoms with E-state index >= 15 is 0 Å². The van der Waals surface area contributed by atoms with Crippen LogP contribution in [0.15, 0.2) is 9.59 Å². The Morgan fingerprint density at radius 3 is 2.73 bits per heavy atom. The average Bonchev–Trinajstić information content (AvgIpc) is 2.46. The molecule has 0 aliphatic carbocycles. The monoisotopic (exact) mass is 210 g/mol. The smallest absolute Gasteiger partial charge is 0.330 e. The molecule has 7 nitrogen and oxygen atoms in total. The van der Waals surface area contributed by atoms with Crippen LogP contribution in [0.5, 0.6) is 6.01 Å². The second-order valence-corrected chi connectivity index (χ2v) is 3.15. The molecule has 2 heterocycles. The normalized spacial score (nSPS) is 11.1. The molecule has 0 saturated heterocycles. The first-order valence-electron chi connectivity index (χ1n) is 4.44. The minimum atomic E-state index is -0.587. The number of imidazole rings is 1. The third-order valence-electron chi connectivity index (χ3n) is 2.29. The van der Waals surface area contributed by atoms with Gasteiger partial charge in [-0.25, -0.2) is 4.79 Å². The van der Waals surface area contributed by atoms with Gasteiger partial charge in [-0.15, -0.1) is 0 Å². The quantitative estimate of drug-likeness (QED) is 0.641. The molecular weight excluding hydrogens is 200 g/mol. The van der Waals surface area contributed by atoms with Crippen molar-refractivity contribution < 1.29 is 5.11 Å². The lowest BCUT2D eigenvalue weighted by Gasteiger charge is -2.04. The van der Waals surface area contributed by atoms with Crippen LogP contribution in [0, 0.1) is 0 Å². The molecule has 0 bridgehead atoms. The van der Waals surface area contributed by atoms with E-state index in [9.17, 15) is 14.7 Å². The van der Waals surface area contributed by atoms with E-state index in [0.717, 1.165) is 0 Å². The average molecular weight is 210 g/mol. The number of aromatic nitrogens is 4. The summed E-state index contributed by atoms with van der Waals surface area (Å²) in [5.74, 6) is 0. The zero-order valence-corrected chi connectivity index (χ0v) is 8.31. The second kappa shape index (κ2) is 2.97. The lowest BCUT2D eigenvalue weighted by atomic mass is 10.5. The van der Waals surface area contributed by atoms with E-state index in [4.69, 9.17) is 0 Å². The van der Waals surface area contributed by atoms with Crippen LogP contribution >= 0.6 is 0 Å². The molecule has 15 heavy (non-hydrogen) atoms. The van der Waals surface area contributed by atoms with Gasteiger partial charge in [0, 0.05) is 13.6 Å². The first-order chi connectivity index (χ1) is 7.06. The fourth-order valence-electron chi connectivity index (χ4n) is 1.55. The summed E-state index contributed by atoms with van der Waals surface area (Å²) in [7, 11) is 1.54. The van der Waals surface area contributed by atoms with Gasteiger partial charge in [0.05, 0.1) is 0 Å². The summed E-state index contributed by atoms with van der Waals surface area (Å²) >= 11 is 0. The first kappa shape index (κ1) is 9.50. The van der Waals surface area contributed by atoms with E-state index < -0.39 is 11.2 Å². The Morgan fingerprint density at radius 2 is 2.13 bits per heavy atom. The number of hydrogen-bond acceptors (Lipinski definition) is 4. The minimum Gasteiger partial charge on any atom is -0.480 e. The fourth-order valence-corrected chi connectivity index (χ4v) is 1.55. The summed E-state index contributed by atoms with van der Waals surface area (Å²) in [6.07, 6.45) is 0. The Labute approximate surface area is 83.6 Å². The Balaban J connectivity index is 3.12. The lowest BCUT2D eigenvalue weighted by Crippen LogP contribution is -2.30. The van der Waals surface area contributed by atoms with E-state index in [2.05, 4.69) is 9.97 Å². The molecule has 2 rings (SSSR count). The zero-order valence-electron chi connectivity index (χ0n) is 8.31. The fraction of sp³-hybridized carbons (Fsp3) is 0.375. The predicted molar refractivity (Wildman–Crippen MR) is 52.9 cm³/mol. The Kier molecular flexibility index (Phi) is 1.88. The molecule has 0 aromatic carbocycles. The van der Waals surface area contributed by atoms with Gasteiger partial charge in [0.2, 0.25) is 0 Å². The third kappa shape index (κ3) is 1.16. The summed E-state index contributed by atoms with van der Waals surface area (Å²) < 4.78 is 2.64. The van der Waals surface area contributed by atoms with Gasteiger partial charge in [0.15, 0.2) is 11.2 Å². The van der Waals surface area contributed by atoms with Gasteiger partial charge >= 0.3 is 5.69 Å². The van der Waals surface area contributed by atoms with Crippen LogP contribution in [0.1, 0.15) is 6.92 Å². The number of nitrogens with zero attached hydrogens (tertiary/aromatic N) is 3. The molecule has 0 radical (unpaired) electrons. The SMILES string of the molecule is CCn1c(=O)[nH]c(=O)c2nc(O)n(C)c21. The van der Waals surface area contributed by atoms with E-state index in [1.165, 1.54) is 16.2 Å². The molecule has 0 unspecified atom stereocenters. The van der Waals surface area contributed by atoms with Gasteiger partial charge in [0.1, 0.15) is 0 Å². The van der Waals surface area contributed by atoms with Gasteiger partial charge in [-0.1, -0.05) is 0 Å². The highest BCUT2D eigenvalue weighted by Gasteiger charge is 2.14. The van der Waals surface area contributed by atoms with Crippen molar-refractivity contribution in [2.75, 3.05) is 0 Å². The Morgan fingerprint density at radius 1 is 1.47 bits per heavy atom. The van der Waals surface area contributed by atoms with E-state index in [1.54, 1.807) is 6.92 Å². The highest BCUT2D eigenvalue weighted by atomic mass is 16.3. The molecule has 0 saturated carbocycles. The number of aryl methyl sites for hydroxylation is 2. The molecule has 2 N–H and O–H groups in total. The van der Waals surface area contributed by atoms with E-state index in [-0.39, 0.29) is 11.5 Å². The summed E-state index contributed by atoms with van der Waals surface area (Å²) in [5, 5.41) is 9.36.